The predicted octanol–water partition coefficient (Wildman–Crippen LogP) is 2.65. The van der Waals surface area contributed by atoms with Crippen molar-refractivity contribution in [2.24, 2.45) is 5.92 Å². The molecule has 0 aliphatic rings. The summed E-state index contributed by atoms with van der Waals surface area (Å²) in [7, 11) is 1.62. The Morgan fingerprint density at radius 1 is 1.19 bits per heavy atom. The average Bonchev–Trinajstić information content (AvgIpc) is 2.55. The van der Waals surface area contributed by atoms with E-state index in [0.29, 0.717) is 25.9 Å². The minimum Gasteiger partial charge on any atom is -0.375 e. The monoisotopic (exact) mass is 373 g/mol. The molecule has 0 rings (SSSR count). The van der Waals surface area contributed by atoms with E-state index in [1.807, 2.05) is 55.4 Å². The van der Waals surface area contributed by atoms with Crippen molar-refractivity contribution in [3.8, 4) is 0 Å². The normalized spacial score (nSPS) is 12.5. The molecule has 0 saturated carbocycles. The van der Waals surface area contributed by atoms with Crippen LogP contribution in [0, 0.1) is 5.92 Å². The first-order valence-electron chi connectivity index (χ1n) is 9.38. The summed E-state index contributed by atoms with van der Waals surface area (Å²) >= 11 is 0. The van der Waals surface area contributed by atoms with Crippen LogP contribution < -0.4 is 10.9 Å². The lowest BCUT2D eigenvalue weighted by Crippen LogP contribution is -2.49. The molecule has 0 saturated heterocycles. The summed E-state index contributed by atoms with van der Waals surface area (Å²) in [5.41, 5.74) is 3.80. The number of hydrogen-bond acceptors (Lipinski definition) is 5. The van der Waals surface area contributed by atoms with Gasteiger partial charge in [-0.25, -0.2) is 5.43 Å². The van der Waals surface area contributed by atoms with E-state index in [2.05, 4.69) is 10.9 Å². The Labute approximate surface area is 159 Å². The number of nitrogens with zero attached hydrogens (tertiary/aromatic N) is 1. The second kappa shape index (κ2) is 12.8. The van der Waals surface area contributed by atoms with Gasteiger partial charge in [-0.05, 0) is 40.5 Å². The zero-order valence-electron chi connectivity index (χ0n) is 18.1. The molecular weight excluding hydrogens is 334 g/mol. The fraction of sp³-hybridized carbons (Fsp3) is 0.842. The second-order valence-electron chi connectivity index (χ2n) is 7.27. The molecule has 0 radical (unpaired) electrons. The summed E-state index contributed by atoms with van der Waals surface area (Å²) in [5.74, 6) is -0.537. The molecule has 7 nitrogen and oxygen atoms in total. The quantitative estimate of drug-likeness (QED) is 0.429. The molecule has 2 N–H and O–H groups in total. The van der Waals surface area contributed by atoms with E-state index in [-0.39, 0.29) is 24.2 Å². The number of hydrazine groups is 1. The standard InChI is InChI=1S/C17H33N3O4.C2H6/c1-8-13(2)15(23)20(12-21)16(3,4)9-10-24-17(5,6)11-14(22)19-18-7;1-2/h12-13,18H,8-11H2,1-7H3,(H,19,22);1-2H3. The molecule has 1 atom stereocenters. The van der Waals surface area contributed by atoms with Crippen LogP contribution in [0.3, 0.4) is 0 Å². The molecular formula is C19H39N3O4. The highest BCUT2D eigenvalue weighted by molar-refractivity contribution is 5.88. The van der Waals surface area contributed by atoms with E-state index < -0.39 is 11.1 Å². The van der Waals surface area contributed by atoms with Crippen LogP contribution in [0.1, 0.15) is 74.7 Å². The Balaban J connectivity index is 0. The van der Waals surface area contributed by atoms with E-state index >= 15 is 0 Å². The third kappa shape index (κ3) is 9.87. The molecule has 7 heteroatoms. The van der Waals surface area contributed by atoms with Crippen molar-refractivity contribution in [2.75, 3.05) is 13.7 Å². The largest absolute Gasteiger partial charge is 0.375 e. The van der Waals surface area contributed by atoms with Crippen molar-refractivity contribution in [1.82, 2.24) is 15.8 Å². The highest BCUT2D eigenvalue weighted by Crippen LogP contribution is 2.23. The topological polar surface area (TPSA) is 87.7 Å². The second-order valence-corrected chi connectivity index (χ2v) is 7.27. The Morgan fingerprint density at radius 2 is 1.73 bits per heavy atom. The van der Waals surface area contributed by atoms with Crippen LogP contribution in [0.4, 0.5) is 0 Å². The summed E-state index contributed by atoms with van der Waals surface area (Å²) in [6, 6.07) is 0. The van der Waals surface area contributed by atoms with Gasteiger partial charge < -0.3 is 4.74 Å². The van der Waals surface area contributed by atoms with Gasteiger partial charge in [-0.1, -0.05) is 27.7 Å². The van der Waals surface area contributed by atoms with Crippen LogP contribution in [0.2, 0.25) is 0 Å². The highest BCUT2D eigenvalue weighted by Gasteiger charge is 2.33. The number of carbonyl (C=O) groups is 3. The minimum absolute atomic E-state index is 0.164. The molecule has 0 heterocycles. The third-order valence-corrected chi connectivity index (χ3v) is 4.09. The Hall–Kier alpha value is -1.47. The van der Waals surface area contributed by atoms with E-state index in [1.54, 1.807) is 7.05 Å². The van der Waals surface area contributed by atoms with Crippen LogP contribution in [0.15, 0.2) is 0 Å². The number of amides is 3. The first kappa shape index (κ1) is 26.8. The molecule has 0 aromatic rings. The molecule has 0 fully saturated rings. The van der Waals surface area contributed by atoms with Crippen LogP contribution >= 0.6 is 0 Å². The molecule has 0 spiro atoms. The molecule has 0 aromatic heterocycles. The van der Waals surface area contributed by atoms with Crippen molar-refractivity contribution < 1.29 is 19.1 Å². The number of carbonyl (C=O) groups excluding carboxylic acids is 3. The van der Waals surface area contributed by atoms with Crippen molar-refractivity contribution in [3.63, 3.8) is 0 Å². The van der Waals surface area contributed by atoms with Crippen molar-refractivity contribution >= 4 is 18.2 Å². The smallest absolute Gasteiger partial charge is 0.236 e. The summed E-state index contributed by atoms with van der Waals surface area (Å²) in [6.07, 6.45) is 1.98. The molecule has 0 aliphatic carbocycles. The highest BCUT2D eigenvalue weighted by atomic mass is 16.5. The van der Waals surface area contributed by atoms with Gasteiger partial charge in [0.15, 0.2) is 0 Å². The summed E-state index contributed by atoms with van der Waals surface area (Å²) in [5, 5.41) is 0. The summed E-state index contributed by atoms with van der Waals surface area (Å²) in [4.78, 5) is 36.6. The van der Waals surface area contributed by atoms with Gasteiger partial charge in [-0.2, -0.15) is 0 Å². The van der Waals surface area contributed by atoms with Gasteiger partial charge in [0.25, 0.3) is 0 Å². The summed E-state index contributed by atoms with van der Waals surface area (Å²) < 4.78 is 5.80. The van der Waals surface area contributed by atoms with Crippen molar-refractivity contribution in [2.45, 2.75) is 85.8 Å². The number of rotatable bonds is 11. The van der Waals surface area contributed by atoms with E-state index in [4.69, 9.17) is 4.74 Å². The van der Waals surface area contributed by atoms with Crippen molar-refractivity contribution in [1.29, 1.82) is 0 Å². The zero-order valence-corrected chi connectivity index (χ0v) is 18.1. The number of imide groups is 1. The van der Waals surface area contributed by atoms with Gasteiger partial charge in [0.1, 0.15) is 0 Å². The number of hydrogen-bond donors (Lipinski definition) is 2. The third-order valence-electron chi connectivity index (χ3n) is 4.09. The number of nitrogens with one attached hydrogen (secondary N) is 2. The van der Waals surface area contributed by atoms with Crippen LogP contribution in [0.25, 0.3) is 0 Å². The Bertz CT molecular complexity index is 437. The summed E-state index contributed by atoms with van der Waals surface area (Å²) in [6.45, 7) is 15.4. The molecule has 0 aromatic carbocycles. The maximum Gasteiger partial charge on any atom is 0.236 e. The first-order chi connectivity index (χ1) is 12.0. The number of ether oxygens (including phenoxy) is 1. The van der Waals surface area contributed by atoms with Crippen molar-refractivity contribution in [3.05, 3.63) is 0 Å². The molecule has 1 unspecified atom stereocenters. The fourth-order valence-corrected chi connectivity index (χ4v) is 2.22. The maximum absolute atomic E-state index is 12.3. The lowest BCUT2D eigenvalue weighted by atomic mass is 9.96. The van der Waals surface area contributed by atoms with Crippen LogP contribution in [0.5, 0.6) is 0 Å². The lowest BCUT2D eigenvalue weighted by molar-refractivity contribution is -0.148. The van der Waals surface area contributed by atoms with E-state index in [0.717, 1.165) is 0 Å². The molecule has 26 heavy (non-hydrogen) atoms. The Morgan fingerprint density at radius 3 is 2.15 bits per heavy atom. The van der Waals surface area contributed by atoms with Gasteiger partial charge in [-0.15, -0.1) is 0 Å². The minimum atomic E-state index is -0.647. The lowest BCUT2D eigenvalue weighted by Gasteiger charge is -2.36. The van der Waals surface area contributed by atoms with Gasteiger partial charge in [-0.3, -0.25) is 24.7 Å². The average molecular weight is 374 g/mol. The first-order valence-corrected chi connectivity index (χ1v) is 9.38. The molecule has 0 bridgehead atoms. The van der Waals surface area contributed by atoms with Gasteiger partial charge in [0.2, 0.25) is 18.2 Å². The van der Waals surface area contributed by atoms with Crippen LogP contribution in [-0.2, 0) is 19.1 Å². The molecule has 3 amide bonds. The predicted molar refractivity (Wildman–Crippen MR) is 104 cm³/mol. The van der Waals surface area contributed by atoms with Crippen LogP contribution in [-0.4, -0.2) is 47.9 Å². The maximum atomic E-state index is 12.3. The molecule has 0 aliphatic heterocycles. The van der Waals surface area contributed by atoms with Gasteiger partial charge in [0.05, 0.1) is 12.0 Å². The Kier molecular flexibility index (Phi) is 13.2. The van der Waals surface area contributed by atoms with Gasteiger partial charge in [0, 0.05) is 25.1 Å². The zero-order chi connectivity index (χ0) is 21.0. The molecule has 154 valence electrons. The van der Waals surface area contributed by atoms with Gasteiger partial charge >= 0.3 is 0 Å². The van der Waals surface area contributed by atoms with E-state index in [1.165, 1.54) is 4.90 Å². The SMILES string of the molecule is CC.CCC(C)C(=O)N(C=O)C(C)(C)CCOC(C)(C)CC(=O)NNC. The van der Waals surface area contributed by atoms with E-state index in [9.17, 15) is 14.4 Å². The fourth-order valence-electron chi connectivity index (χ4n) is 2.22.